The van der Waals surface area contributed by atoms with Crippen molar-refractivity contribution in [1.82, 2.24) is 9.88 Å². The zero-order chi connectivity index (χ0) is 15.0. The normalized spacial score (nSPS) is 19.2. The van der Waals surface area contributed by atoms with E-state index in [4.69, 9.17) is 0 Å². The van der Waals surface area contributed by atoms with Crippen LogP contribution in [0.15, 0.2) is 30.5 Å². The molecule has 0 N–H and O–H groups in total. The van der Waals surface area contributed by atoms with Gasteiger partial charge in [-0.2, -0.15) is 0 Å². The largest absolute Gasteiger partial charge is 0.318 e. The molecule has 21 heavy (non-hydrogen) atoms. The summed E-state index contributed by atoms with van der Waals surface area (Å²) >= 11 is 0. The van der Waals surface area contributed by atoms with E-state index in [-0.39, 0.29) is 0 Å². The summed E-state index contributed by atoms with van der Waals surface area (Å²) in [5.41, 5.74) is 2.13. The fraction of sp³-hybridized carbons (Fsp3) is 0.471. The summed E-state index contributed by atoms with van der Waals surface area (Å²) < 4.78 is 13.7. The average molecular weight is 302 g/mol. The van der Waals surface area contributed by atoms with Crippen molar-refractivity contribution in [2.24, 2.45) is 0 Å². The first-order valence-corrected chi connectivity index (χ1v) is 9.74. The Morgan fingerprint density at radius 2 is 1.86 bits per heavy atom. The first kappa shape index (κ1) is 14.7. The van der Waals surface area contributed by atoms with Crippen LogP contribution in [0.25, 0.3) is 10.9 Å². The molecule has 0 atom stereocenters. The molecule has 2 aromatic rings. The van der Waals surface area contributed by atoms with E-state index < -0.39 is 7.14 Å². The minimum Gasteiger partial charge on any atom is -0.318 e. The maximum absolute atomic E-state index is 13.7. The molecule has 3 nitrogen and oxygen atoms in total. The van der Waals surface area contributed by atoms with Crippen molar-refractivity contribution in [3.63, 3.8) is 0 Å². The van der Waals surface area contributed by atoms with Crippen LogP contribution in [0.5, 0.6) is 0 Å². The molecule has 4 heteroatoms. The van der Waals surface area contributed by atoms with Crippen molar-refractivity contribution >= 4 is 23.3 Å². The van der Waals surface area contributed by atoms with Gasteiger partial charge in [-0.25, -0.2) is 0 Å². The highest BCUT2D eigenvalue weighted by Gasteiger charge is 2.33. The van der Waals surface area contributed by atoms with Crippen LogP contribution < -0.4 is 5.30 Å². The van der Waals surface area contributed by atoms with E-state index in [9.17, 15) is 4.57 Å². The van der Waals surface area contributed by atoms with E-state index in [1.165, 1.54) is 5.56 Å². The molecule has 1 aliphatic rings. The molecular weight excluding hydrogens is 279 g/mol. The third-order valence-electron chi connectivity index (χ3n) is 4.49. The van der Waals surface area contributed by atoms with E-state index in [0.717, 1.165) is 41.6 Å². The van der Waals surface area contributed by atoms with Crippen molar-refractivity contribution in [1.29, 1.82) is 0 Å². The summed E-state index contributed by atoms with van der Waals surface area (Å²) in [6, 6.07) is 8.13. The van der Waals surface area contributed by atoms with Crippen LogP contribution in [0.4, 0.5) is 0 Å². The molecule has 3 rings (SSSR count). The number of fused-ring (bicyclic) bond motifs is 1. The van der Waals surface area contributed by atoms with Crippen molar-refractivity contribution in [3.8, 4) is 0 Å². The van der Waals surface area contributed by atoms with Crippen LogP contribution in [0, 0.1) is 0 Å². The molecule has 0 aliphatic carbocycles. The monoisotopic (exact) mass is 302 g/mol. The van der Waals surface area contributed by atoms with Gasteiger partial charge in [-0.3, -0.25) is 4.98 Å². The van der Waals surface area contributed by atoms with E-state index in [1.54, 1.807) is 0 Å². The molecular formula is C17H23N2OP. The Hall–Kier alpha value is -1.18. The maximum Gasteiger partial charge on any atom is 0.119 e. The molecule has 1 saturated heterocycles. The molecule has 1 aromatic carbocycles. The van der Waals surface area contributed by atoms with Gasteiger partial charge < -0.3 is 9.46 Å². The lowest BCUT2D eigenvalue weighted by atomic mass is 10.0. The van der Waals surface area contributed by atoms with Gasteiger partial charge >= 0.3 is 0 Å². The summed E-state index contributed by atoms with van der Waals surface area (Å²) in [6.45, 7) is 6.17. The number of nitrogens with zero attached hydrogens (tertiary/aromatic N) is 2. The van der Waals surface area contributed by atoms with Crippen LogP contribution in [0.1, 0.15) is 25.3 Å². The SMILES string of the molecule is CC(C)c1cnc2ccccc2c1P1(=O)CCN(C)CC1. The average Bonchev–Trinajstić information content (AvgIpc) is 2.49. The van der Waals surface area contributed by atoms with Gasteiger partial charge in [0, 0.05) is 42.3 Å². The van der Waals surface area contributed by atoms with Crippen molar-refractivity contribution in [3.05, 3.63) is 36.0 Å². The fourth-order valence-electron chi connectivity index (χ4n) is 3.13. The van der Waals surface area contributed by atoms with Crippen molar-refractivity contribution in [2.75, 3.05) is 32.5 Å². The number of rotatable bonds is 2. The van der Waals surface area contributed by atoms with Crippen LogP contribution in [-0.2, 0) is 4.57 Å². The molecule has 0 bridgehead atoms. The van der Waals surface area contributed by atoms with Crippen molar-refractivity contribution < 1.29 is 4.57 Å². The van der Waals surface area contributed by atoms with E-state index in [0.29, 0.717) is 5.92 Å². The van der Waals surface area contributed by atoms with Crippen LogP contribution in [-0.4, -0.2) is 42.3 Å². The van der Waals surface area contributed by atoms with Gasteiger partial charge in [0.1, 0.15) is 7.14 Å². The molecule has 2 heterocycles. The summed E-state index contributed by atoms with van der Waals surface area (Å²) in [6.07, 6.45) is 3.52. The topological polar surface area (TPSA) is 33.2 Å². The standard InChI is InChI=1S/C17H23N2OP/c1-13(2)15-12-18-16-7-5-4-6-14(16)17(15)21(20)10-8-19(3)9-11-21/h4-7,12-13H,8-11H2,1-3H3. The predicted octanol–water partition coefficient (Wildman–Crippen LogP) is 3.29. The van der Waals surface area contributed by atoms with Crippen molar-refractivity contribution in [2.45, 2.75) is 19.8 Å². The molecule has 112 valence electrons. The second-order valence-electron chi connectivity index (χ2n) is 6.37. The molecule has 0 amide bonds. The van der Waals surface area contributed by atoms with Gasteiger partial charge in [-0.15, -0.1) is 0 Å². The van der Waals surface area contributed by atoms with Gasteiger partial charge in [0.25, 0.3) is 0 Å². The van der Waals surface area contributed by atoms with E-state index >= 15 is 0 Å². The highest BCUT2D eigenvalue weighted by Crippen LogP contribution is 2.49. The lowest BCUT2D eigenvalue weighted by Gasteiger charge is -2.32. The fourth-order valence-corrected chi connectivity index (χ4v) is 6.55. The van der Waals surface area contributed by atoms with Gasteiger partial charge in [-0.05, 0) is 24.6 Å². The van der Waals surface area contributed by atoms with Crippen LogP contribution in [0.3, 0.4) is 0 Å². The Bertz CT molecular complexity index is 699. The van der Waals surface area contributed by atoms with E-state index in [2.05, 4.69) is 36.8 Å². The van der Waals surface area contributed by atoms with Gasteiger partial charge in [0.05, 0.1) is 5.52 Å². The minimum absolute atomic E-state index is 0.350. The molecule has 0 radical (unpaired) electrons. The Morgan fingerprint density at radius 3 is 2.52 bits per heavy atom. The molecule has 1 fully saturated rings. The number of hydrogen-bond acceptors (Lipinski definition) is 3. The Labute approximate surface area is 126 Å². The maximum atomic E-state index is 13.7. The van der Waals surface area contributed by atoms with Gasteiger partial charge in [0.15, 0.2) is 0 Å². The lowest BCUT2D eigenvalue weighted by molar-refractivity contribution is 0.361. The lowest BCUT2D eigenvalue weighted by Crippen LogP contribution is -2.35. The molecule has 1 aromatic heterocycles. The summed E-state index contributed by atoms with van der Waals surface area (Å²) in [5.74, 6) is 0.350. The molecule has 1 aliphatic heterocycles. The van der Waals surface area contributed by atoms with Crippen LogP contribution >= 0.6 is 7.14 Å². The third-order valence-corrected chi connectivity index (χ3v) is 7.65. The second-order valence-corrected chi connectivity index (χ2v) is 9.49. The summed E-state index contributed by atoms with van der Waals surface area (Å²) in [4.78, 5) is 6.84. The Balaban J connectivity index is 2.24. The zero-order valence-corrected chi connectivity index (χ0v) is 13.9. The number of pyridine rings is 1. The Morgan fingerprint density at radius 1 is 1.19 bits per heavy atom. The highest BCUT2D eigenvalue weighted by atomic mass is 31.2. The summed E-state index contributed by atoms with van der Waals surface area (Å²) in [5, 5.41) is 2.20. The quantitative estimate of drug-likeness (QED) is 0.798. The molecule has 0 unspecified atom stereocenters. The smallest absolute Gasteiger partial charge is 0.119 e. The van der Waals surface area contributed by atoms with Gasteiger partial charge in [0.2, 0.25) is 0 Å². The predicted molar refractivity (Wildman–Crippen MR) is 90.3 cm³/mol. The highest BCUT2D eigenvalue weighted by molar-refractivity contribution is 7.72. The second kappa shape index (κ2) is 5.55. The van der Waals surface area contributed by atoms with E-state index in [1.807, 2.05) is 24.4 Å². The summed E-state index contributed by atoms with van der Waals surface area (Å²) in [7, 11) is -0.213. The Kier molecular flexibility index (Phi) is 3.90. The third kappa shape index (κ3) is 2.65. The first-order valence-electron chi connectivity index (χ1n) is 7.66. The first-order chi connectivity index (χ1) is 10.0. The van der Waals surface area contributed by atoms with Gasteiger partial charge in [-0.1, -0.05) is 32.0 Å². The zero-order valence-electron chi connectivity index (χ0n) is 13.0. The number of hydrogen-bond donors (Lipinski definition) is 0. The number of benzene rings is 1. The molecule has 0 saturated carbocycles. The number of aromatic nitrogens is 1. The number of para-hydroxylation sites is 1. The minimum atomic E-state index is -2.32. The molecule has 0 spiro atoms. The van der Waals surface area contributed by atoms with Crippen LogP contribution in [0.2, 0.25) is 0 Å².